The van der Waals surface area contributed by atoms with Crippen LogP contribution in [-0.2, 0) is 4.79 Å². The van der Waals surface area contributed by atoms with Gasteiger partial charge in [-0.1, -0.05) is 0 Å². The molecule has 1 N–H and O–H groups in total. The highest BCUT2D eigenvalue weighted by molar-refractivity contribution is 5.93. The molecular weight excluding hydrogens is 226 g/mol. The Hall–Kier alpha value is -2.62. The lowest BCUT2D eigenvalue weighted by atomic mass is 10.2. The van der Waals surface area contributed by atoms with Gasteiger partial charge in [0.2, 0.25) is 5.91 Å². The van der Waals surface area contributed by atoms with Crippen LogP contribution in [0.5, 0.6) is 5.75 Å². The first-order chi connectivity index (χ1) is 8.08. The number of non-ortho nitro benzene ring substituents is 1. The molecule has 1 amide bonds. The largest absolute Gasteiger partial charge is 0.495 e. The average molecular weight is 235 g/mol. The molecule has 0 unspecified atom stereocenters. The summed E-state index contributed by atoms with van der Waals surface area (Å²) < 4.78 is 4.94. The third-order valence-corrected chi connectivity index (χ3v) is 1.91. The summed E-state index contributed by atoms with van der Waals surface area (Å²) in [6, 6.07) is 5.49. The molecule has 0 fully saturated rings. The van der Waals surface area contributed by atoms with E-state index in [0.717, 1.165) is 0 Å². The Labute approximate surface area is 96.8 Å². The predicted molar refractivity (Wildman–Crippen MR) is 58.5 cm³/mol. The highest BCUT2D eigenvalue weighted by atomic mass is 16.6. The first kappa shape index (κ1) is 12.4. The van der Waals surface area contributed by atoms with E-state index in [1.54, 1.807) is 6.07 Å². The fourth-order valence-corrected chi connectivity index (χ4v) is 1.17. The molecule has 1 rings (SSSR count). The number of nitriles is 1. The number of carbonyl (C=O) groups is 1. The molecule has 0 atom stereocenters. The van der Waals surface area contributed by atoms with Crippen LogP contribution in [-0.4, -0.2) is 17.9 Å². The van der Waals surface area contributed by atoms with E-state index in [1.807, 2.05) is 0 Å². The number of methoxy groups -OCH3 is 1. The molecule has 17 heavy (non-hydrogen) atoms. The van der Waals surface area contributed by atoms with Crippen LogP contribution in [0, 0.1) is 21.4 Å². The van der Waals surface area contributed by atoms with Crippen LogP contribution >= 0.6 is 0 Å². The molecule has 88 valence electrons. The summed E-state index contributed by atoms with van der Waals surface area (Å²) in [6.07, 6.45) is -0.328. The maximum absolute atomic E-state index is 11.2. The van der Waals surface area contributed by atoms with Gasteiger partial charge in [0.15, 0.2) is 0 Å². The molecule has 0 aromatic heterocycles. The van der Waals surface area contributed by atoms with Gasteiger partial charge in [0.05, 0.1) is 23.8 Å². The molecule has 0 spiro atoms. The van der Waals surface area contributed by atoms with Gasteiger partial charge in [0.1, 0.15) is 12.2 Å². The van der Waals surface area contributed by atoms with Crippen molar-refractivity contribution < 1.29 is 14.5 Å². The number of nitro benzene ring substituents is 1. The molecule has 7 nitrogen and oxygen atoms in total. The Morgan fingerprint density at radius 2 is 2.35 bits per heavy atom. The van der Waals surface area contributed by atoms with Crippen LogP contribution in [0.25, 0.3) is 0 Å². The molecule has 0 heterocycles. The van der Waals surface area contributed by atoms with Crippen molar-refractivity contribution in [1.82, 2.24) is 0 Å². The topological polar surface area (TPSA) is 105 Å². The standard InChI is InChI=1S/C10H9N3O4/c1-17-9-3-2-7(13(15)16)6-8(9)12-10(14)4-5-11/h2-3,6H,4H2,1H3,(H,12,14). The number of anilines is 1. The molecule has 1 aromatic rings. The second-order valence-electron chi connectivity index (χ2n) is 3.02. The number of nitrogens with one attached hydrogen (secondary N) is 1. The summed E-state index contributed by atoms with van der Waals surface area (Å²) in [7, 11) is 1.38. The van der Waals surface area contributed by atoms with E-state index >= 15 is 0 Å². The fraction of sp³-hybridized carbons (Fsp3) is 0.200. The van der Waals surface area contributed by atoms with Crippen molar-refractivity contribution in [2.45, 2.75) is 6.42 Å². The van der Waals surface area contributed by atoms with Crippen molar-refractivity contribution in [2.75, 3.05) is 12.4 Å². The smallest absolute Gasteiger partial charge is 0.271 e. The van der Waals surface area contributed by atoms with E-state index in [-0.39, 0.29) is 17.8 Å². The van der Waals surface area contributed by atoms with E-state index in [9.17, 15) is 14.9 Å². The summed E-state index contributed by atoms with van der Waals surface area (Å²) in [6.45, 7) is 0. The van der Waals surface area contributed by atoms with Gasteiger partial charge in [0.25, 0.3) is 5.69 Å². The first-order valence-electron chi connectivity index (χ1n) is 4.57. The monoisotopic (exact) mass is 235 g/mol. The van der Waals surface area contributed by atoms with Crippen LogP contribution < -0.4 is 10.1 Å². The van der Waals surface area contributed by atoms with Crippen LogP contribution in [0.1, 0.15) is 6.42 Å². The average Bonchev–Trinajstić information content (AvgIpc) is 2.29. The molecule has 0 bridgehead atoms. The second kappa shape index (κ2) is 5.46. The SMILES string of the molecule is COc1ccc([N+](=O)[O-])cc1NC(=O)CC#N. The summed E-state index contributed by atoms with van der Waals surface area (Å²) >= 11 is 0. The minimum Gasteiger partial charge on any atom is -0.495 e. The van der Waals surface area contributed by atoms with Crippen molar-refractivity contribution in [3.8, 4) is 11.8 Å². The van der Waals surface area contributed by atoms with E-state index in [1.165, 1.54) is 25.3 Å². The highest BCUT2D eigenvalue weighted by Crippen LogP contribution is 2.28. The van der Waals surface area contributed by atoms with Crippen molar-refractivity contribution in [1.29, 1.82) is 5.26 Å². The number of ether oxygens (including phenoxy) is 1. The number of benzene rings is 1. The summed E-state index contributed by atoms with van der Waals surface area (Å²) in [5.74, 6) is -0.256. The van der Waals surface area contributed by atoms with Crippen LogP contribution in [0.15, 0.2) is 18.2 Å². The molecule has 0 aliphatic rings. The lowest BCUT2D eigenvalue weighted by Gasteiger charge is -2.08. The lowest BCUT2D eigenvalue weighted by Crippen LogP contribution is -2.11. The molecule has 0 aliphatic carbocycles. The predicted octanol–water partition coefficient (Wildman–Crippen LogP) is 1.46. The first-order valence-corrected chi connectivity index (χ1v) is 4.57. The zero-order valence-electron chi connectivity index (χ0n) is 8.97. The third-order valence-electron chi connectivity index (χ3n) is 1.91. The van der Waals surface area contributed by atoms with Gasteiger partial charge in [-0.2, -0.15) is 5.26 Å². The molecule has 0 radical (unpaired) electrons. The number of rotatable bonds is 4. The quantitative estimate of drug-likeness (QED) is 0.628. The molecule has 0 saturated carbocycles. The van der Waals surface area contributed by atoms with Crippen LogP contribution in [0.4, 0.5) is 11.4 Å². The number of nitro groups is 1. The van der Waals surface area contributed by atoms with E-state index < -0.39 is 10.8 Å². The zero-order valence-corrected chi connectivity index (χ0v) is 8.97. The van der Waals surface area contributed by atoms with Crippen molar-refractivity contribution in [3.63, 3.8) is 0 Å². The van der Waals surface area contributed by atoms with Crippen LogP contribution in [0.3, 0.4) is 0 Å². The Bertz CT molecular complexity index is 493. The summed E-state index contributed by atoms with van der Waals surface area (Å²) in [5.41, 5.74) is 0.00000709. The Morgan fingerprint density at radius 3 is 2.88 bits per heavy atom. The molecule has 1 aromatic carbocycles. The summed E-state index contributed by atoms with van der Waals surface area (Å²) in [4.78, 5) is 21.2. The molecule has 7 heteroatoms. The summed E-state index contributed by atoms with van der Waals surface area (Å²) in [5, 5.41) is 21.3. The minimum atomic E-state index is -0.584. The van der Waals surface area contributed by atoms with Crippen molar-refractivity contribution in [3.05, 3.63) is 28.3 Å². The lowest BCUT2D eigenvalue weighted by molar-refractivity contribution is -0.384. The molecule has 0 saturated heterocycles. The van der Waals surface area contributed by atoms with Crippen molar-refractivity contribution in [2.24, 2.45) is 0 Å². The fourth-order valence-electron chi connectivity index (χ4n) is 1.17. The Morgan fingerprint density at radius 1 is 1.65 bits per heavy atom. The second-order valence-corrected chi connectivity index (χ2v) is 3.02. The maximum atomic E-state index is 11.2. The van der Waals surface area contributed by atoms with E-state index in [0.29, 0.717) is 5.75 Å². The van der Waals surface area contributed by atoms with E-state index in [4.69, 9.17) is 10.00 Å². The minimum absolute atomic E-state index is 0.168. The van der Waals surface area contributed by atoms with Gasteiger partial charge in [-0.25, -0.2) is 0 Å². The zero-order chi connectivity index (χ0) is 12.8. The van der Waals surface area contributed by atoms with E-state index in [2.05, 4.69) is 5.32 Å². The molecular formula is C10H9N3O4. The normalized spacial score (nSPS) is 9.18. The van der Waals surface area contributed by atoms with Gasteiger partial charge in [-0.3, -0.25) is 14.9 Å². The van der Waals surface area contributed by atoms with Gasteiger partial charge >= 0.3 is 0 Å². The van der Waals surface area contributed by atoms with Crippen molar-refractivity contribution >= 4 is 17.3 Å². The number of amides is 1. The van der Waals surface area contributed by atoms with Gasteiger partial charge in [-0.05, 0) is 6.07 Å². The highest BCUT2D eigenvalue weighted by Gasteiger charge is 2.13. The number of carbonyl (C=O) groups excluding carboxylic acids is 1. The number of hydrogen-bond acceptors (Lipinski definition) is 5. The number of hydrogen-bond donors (Lipinski definition) is 1. The Kier molecular flexibility index (Phi) is 4.00. The van der Waals surface area contributed by atoms with Gasteiger partial charge in [0, 0.05) is 12.1 Å². The number of nitrogens with zero attached hydrogens (tertiary/aromatic N) is 2. The molecule has 0 aliphatic heterocycles. The van der Waals surface area contributed by atoms with Gasteiger partial charge < -0.3 is 10.1 Å². The third kappa shape index (κ3) is 3.17. The van der Waals surface area contributed by atoms with Crippen LogP contribution in [0.2, 0.25) is 0 Å². The van der Waals surface area contributed by atoms with Gasteiger partial charge in [-0.15, -0.1) is 0 Å². The Balaban J connectivity index is 3.02. The maximum Gasteiger partial charge on any atom is 0.271 e.